The van der Waals surface area contributed by atoms with Crippen LogP contribution in [0.3, 0.4) is 0 Å². The number of thioether (sulfide) groups is 1. The summed E-state index contributed by atoms with van der Waals surface area (Å²) >= 11 is 7.38. The van der Waals surface area contributed by atoms with Crippen molar-refractivity contribution < 1.29 is 9.47 Å². The molecule has 7 heteroatoms. The van der Waals surface area contributed by atoms with Crippen LogP contribution in [0.15, 0.2) is 47.4 Å². The van der Waals surface area contributed by atoms with Gasteiger partial charge in [0.1, 0.15) is 0 Å². The van der Waals surface area contributed by atoms with Crippen LogP contribution in [0.1, 0.15) is 31.2 Å². The summed E-state index contributed by atoms with van der Waals surface area (Å²) in [4.78, 5) is 3.76. The first-order chi connectivity index (χ1) is 15.5. The van der Waals surface area contributed by atoms with E-state index in [1.54, 1.807) is 26.0 Å². The number of ether oxygens (including phenoxy) is 2. The number of benzene rings is 2. The Morgan fingerprint density at radius 1 is 1.09 bits per heavy atom. The number of likely N-dealkylation sites (N-methyl/N-ethyl adjacent to an activating group) is 1. The third kappa shape index (κ3) is 4.56. The average Bonchev–Trinajstić information content (AvgIpc) is 3.16. The van der Waals surface area contributed by atoms with E-state index in [-0.39, 0.29) is 5.41 Å². The predicted molar refractivity (Wildman–Crippen MR) is 137 cm³/mol. The monoisotopic (exact) mass is 471 g/mol. The SMILES string of the molecule is COc1ccc([C@@]23CC[C@H](NC(=S)Nc4ccc(SC)cc4)C[C@H]2N(C)CC3)cc1OC. The number of hydrogen-bond donors (Lipinski definition) is 2. The molecule has 4 rings (SSSR count). The van der Waals surface area contributed by atoms with Gasteiger partial charge in [-0.3, -0.25) is 0 Å². The molecule has 0 spiro atoms. The average molecular weight is 472 g/mol. The maximum absolute atomic E-state index is 5.64. The molecule has 0 unspecified atom stereocenters. The highest BCUT2D eigenvalue weighted by atomic mass is 32.2. The second-order valence-corrected chi connectivity index (χ2v) is 10.1. The van der Waals surface area contributed by atoms with Crippen molar-refractivity contribution in [3.05, 3.63) is 48.0 Å². The molecule has 1 saturated carbocycles. The maximum atomic E-state index is 5.64. The molecule has 3 atom stereocenters. The number of nitrogens with zero attached hydrogens (tertiary/aromatic N) is 1. The number of thiocarbonyl (C=S) groups is 1. The van der Waals surface area contributed by atoms with E-state index in [1.165, 1.54) is 16.9 Å². The van der Waals surface area contributed by atoms with Crippen LogP contribution >= 0.6 is 24.0 Å². The Morgan fingerprint density at radius 2 is 1.84 bits per heavy atom. The van der Waals surface area contributed by atoms with E-state index in [0.29, 0.717) is 17.2 Å². The van der Waals surface area contributed by atoms with Crippen LogP contribution in [0.5, 0.6) is 11.5 Å². The molecule has 2 aromatic rings. The number of nitrogens with one attached hydrogen (secondary N) is 2. The van der Waals surface area contributed by atoms with Crippen LogP contribution in [0, 0.1) is 0 Å². The molecule has 0 bridgehead atoms. The first kappa shape index (κ1) is 23.2. The zero-order valence-electron chi connectivity index (χ0n) is 19.3. The first-order valence-corrected chi connectivity index (χ1v) is 12.8. The van der Waals surface area contributed by atoms with E-state index in [9.17, 15) is 0 Å². The molecule has 1 aliphatic heterocycles. The number of rotatable bonds is 6. The minimum absolute atomic E-state index is 0.148. The molecule has 1 aliphatic carbocycles. The summed E-state index contributed by atoms with van der Waals surface area (Å²) in [6, 6.07) is 15.7. The van der Waals surface area contributed by atoms with Gasteiger partial charge in [-0.15, -0.1) is 11.8 Å². The number of anilines is 1. The lowest BCUT2D eigenvalue weighted by atomic mass is 9.65. The fraction of sp³-hybridized carbons (Fsp3) is 0.480. The molecule has 172 valence electrons. The summed E-state index contributed by atoms with van der Waals surface area (Å²) < 4.78 is 11.1. The normalized spacial score (nSPS) is 25.1. The van der Waals surface area contributed by atoms with E-state index in [2.05, 4.69) is 65.2 Å². The lowest BCUT2D eigenvalue weighted by Crippen LogP contribution is -2.52. The van der Waals surface area contributed by atoms with Crippen LogP contribution < -0.4 is 20.1 Å². The van der Waals surface area contributed by atoms with Gasteiger partial charge in [0, 0.05) is 28.1 Å². The van der Waals surface area contributed by atoms with Crippen LogP contribution in [0.4, 0.5) is 5.69 Å². The molecule has 32 heavy (non-hydrogen) atoms. The van der Waals surface area contributed by atoms with Gasteiger partial charge in [-0.25, -0.2) is 0 Å². The molecule has 0 radical (unpaired) electrons. The van der Waals surface area contributed by atoms with Crippen molar-refractivity contribution in [3.63, 3.8) is 0 Å². The van der Waals surface area contributed by atoms with Gasteiger partial charge in [0.15, 0.2) is 16.6 Å². The fourth-order valence-corrected chi connectivity index (χ4v) is 6.11. The van der Waals surface area contributed by atoms with E-state index < -0.39 is 0 Å². The molecule has 2 N–H and O–H groups in total. The lowest BCUT2D eigenvalue weighted by molar-refractivity contribution is 0.161. The van der Waals surface area contributed by atoms with E-state index in [1.807, 2.05) is 6.07 Å². The molecule has 5 nitrogen and oxygen atoms in total. The summed E-state index contributed by atoms with van der Waals surface area (Å²) in [5.41, 5.74) is 2.53. The number of fused-ring (bicyclic) bond motifs is 1. The van der Waals surface area contributed by atoms with Crippen molar-refractivity contribution in [1.29, 1.82) is 0 Å². The quantitative estimate of drug-likeness (QED) is 0.459. The summed E-state index contributed by atoms with van der Waals surface area (Å²) in [6.45, 7) is 1.11. The third-order valence-electron chi connectivity index (χ3n) is 7.17. The van der Waals surface area contributed by atoms with Gasteiger partial charge in [-0.1, -0.05) is 6.07 Å². The molecule has 2 aromatic carbocycles. The summed E-state index contributed by atoms with van der Waals surface area (Å²) in [5, 5.41) is 7.63. The summed E-state index contributed by atoms with van der Waals surface area (Å²) in [7, 11) is 5.65. The molecule has 2 fully saturated rings. The molecule has 1 heterocycles. The Kier molecular flexibility index (Phi) is 7.17. The Hall–Kier alpha value is -1.96. The highest BCUT2D eigenvalue weighted by molar-refractivity contribution is 7.98. The number of methoxy groups -OCH3 is 2. The van der Waals surface area contributed by atoms with E-state index >= 15 is 0 Å². The standard InChI is InChI=1S/C25H33N3O2S2/c1-28-14-13-25(17-5-10-21(29-2)22(15-17)30-3)12-11-19(16-23(25)28)27-24(31)26-18-6-8-20(32-4)9-7-18/h5-10,15,19,23H,11-14,16H2,1-4H3,(H2,26,27,31)/t19-,23+,25-/m0/s1. The number of hydrogen-bond acceptors (Lipinski definition) is 5. The Labute approximate surface area is 201 Å². The number of likely N-dealkylation sites (tertiary alicyclic amines) is 1. The summed E-state index contributed by atoms with van der Waals surface area (Å²) in [6.07, 6.45) is 6.53. The molecule has 0 amide bonds. The van der Waals surface area contributed by atoms with Crippen molar-refractivity contribution in [2.45, 2.75) is 48.1 Å². The Balaban J connectivity index is 1.45. The highest BCUT2D eigenvalue weighted by Gasteiger charge is 2.50. The van der Waals surface area contributed by atoms with Crippen LogP contribution in [-0.4, -0.2) is 56.2 Å². The van der Waals surface area contributed by atoms with Crippen LogP contribution in [-0.2, 0) is 5.41 Å². The van der Waals surface area contributed by atoms with Gasteiger partial charge in [0.05, 0.1) is 14.2 Å². The van der Waals surface area contributed by atoms with Crippen molar-refractivity contribution in [3.8, 4) is 11.5 Å². The molecular formula is C25H33N3O2S2. The topological polar surface area (TPSA) is 45.8 Å². The Morgan fingerprint density at radius 3 is 2.53 bits per heavy atom. The van der Waals surface area contributed by atoms with E-state index in [4.69, 9.17) is 21.7 Å². The zero-order chi connectivity index (χ0) is 22.7. The van der Waals surface area contributed by atoms with Gasteiger partial charge in [-0.2, -0.15) is 0 Å². The molecule has 0 aromatic heterocycles. The van der Waals surface area contributed by atoms with Gasteiger partial charge >= 0.3 is 0 Å². The van der Waals surface area contributed by atoms with Gasteiger partial charge in [-0.05, 0) is 99.7 Å². The fourth-order valence-electron chi connectivity index (χ4n) is 5.42. The van der Waals surface area contributed by atoms with Gasteiger partial charge in [0.25, 0.3) is 0 Å². The molecule has 1 saturated heterocycles. The predicted octanol–water partition coefficient (Wildman–Crippen LogP) is 4.91. The minimum Gasteiger partial charge on any atom is -0.493 e. The largest absolute Gasteiger partial charge is 0.493 e. The minimum atomic E-state index is 0.148. The van der Waals surface area contributed by atoms with Crippen LogP contribution in [0.2, 0.25) is 0 Å². The van der Waals surface area contributed by atoms with Crippen molar-refractivity contribution in [2.75, 3.05) is 39.4 Å². The lowest BCUT2D eigenvalue weighted by Gasteiger charge is -2.45. The van der Waals surface area contributed by atoms with Crippen molar-refractivity contribution >= 4 is 34.8 Å². The Bertz CT molecular complexity index is 953. The second kappa shape index (κ2) is 9.89. The smallest absolute Gasteiger partial charge is 0.170 e. The van der Waals surface area contributed by atoms with Gasteiger partial charge in [0.2, 0.25) is 0 Å². The molecular weight excluding hydrogens is 438 g/mol. The van der Waals surface area contributed by atoms with Gasteiger partial charge < -0.3 is 25.0 Å². The van der Waals surface area contributed by atoms with E-state index in [0.717, 1.165) is 43.0 Å². The van der Waals surface area contributed by atoms with Crippen molar-refractivity contribution in [1.82, 2.24) is 10.2 Å². The van der Waals surface area contributed by atoms with Crippen LogP contribution in [0.25, 0.3) is 0 Å². The molecule has 2 aliphatic rings. The maximum Gasteiger partial charge on any atom is 0.170 e. The zero-order valence-corrected chi connectivity index (χ0v) is 20.9. The van der Waals surface area contributed by atoms with Crippen molar-refractivity contribution in [2.24, 2.45) is 0 Å². The third-order valence-corrected chi connectivity index (χ3v) is 8.13. The second-order valence-electron chi connectivity index (χ2n) is 8.77. The first-order valence-electron chi connectivity index (χ1n) is 11.1. The highest BCUT2D eigenvalue weighted by Crippen LogP contribution is 2.49. The summed E-state index contributed by atoms with van der Waals surface area (Å²) in [5.74, 6) is 1.60.